The zero-order valence-corrected chi connectivity index (χ0v) is 10.4. The maximum absolute atomic E-state index is 3.15. The highest BCUT2D eigenvalue weighted by atomic mass is 15.1. The van der Waals surface area contributed by atoms with E-state index in [1.54, 1.807) is 0 Å². The molecule has 0 aliphatic heterocycles. The third kappa shape index (κ3) is 11.9. The minimum Gasteiger partial charge on any atom is -0.320 e. The molecule has 2 heteroatoms. The van der Waals surface area contributed by atoms with Gasteiger partial charge in [-0.05, 0) is 40.5 Å². The van der Waals surface area contributed by atoms with Crippen molar-refractivity contribution in [1.82, 2.24) is 10.2 Å². The highest BCUT2D eigenvalue weighted by Crippen LogP contribution is 1.97. The fraction of sp³-hybridized carbons (Fsp3) is 1.00. The third-order valence-corrected chi connectivity index (χ3v) is 2.06. The van der Waals surface area contributed by atoms with Gasteiger partial charge in [0.2, 0.25) is 0 Å². The van der Waals surface area contributed by atoms with Crippen LogP contribution < -0.4 is 5.32 Å². The molecule has 0 amide bonds. The van der Waals surface area contributed by atoms with Crippen LogP contribution in [0.5, 0.6) is 0 Å². The summed E-state index contributed by atoms with van der Waals surface area (Å²) in [7, 11) is 4.17. The van der Waals surface area contributed by atoms with Crippen LogP contribution in [0.15, 0.2) is 0 Å². The Kier molecular flexibility index (Phi) is 14.1. The second-order valence-electron chi connectivity index (χ2n) is 3.52. The predicted molar refractivity (Wildman–Crippen MR) is 62.3 cm³/mol. The molecule has 0 spiro atoms. The molecule has 0 saturated carbocycles. The normalized spacial score (nSPS) is 12.2. The van der Waals surface area contributed by atoms with E-state index in [4.69, 9.17) is 0 Å². The smallest absolute Gasteiger partial charge is 0.00758 e. The fourth-order valence-corrected chi connectivity index (χ4v) is 0.885. The molecule has 0 bridgehead atoms. The van der Waals surface area contributed by atoms with Gasteiger partial charge in [0.25, 0.3) is 0 Å². The molecule has 1 N–H and O–H groups in total. The van der Waals surface area contributed by atoms with E-state index in [2.05, 4.69) is 45.0 Å². The van der Waals surface area contributed by atoms with Crippen LogP contribution in [0, 0.1) is 0 Å². The van der Waals surface area contributed by atoms with Crippen molar-refractivity contribution in [3.63, 3.8) is 0 Å². The molecular formula is C11H28N2. The number of rotatable bonds is 5. The summed E-state index contributed by atoms with van der Waals surface area (Å²) in [5.41, 5.74) is 0. The van der Waals surface area contributed by atoms with Gasteiger partial charge in [-0.3, -0.25) is 0 Å². The summed E-state index contributed by atoms with van der Waals surface area (Å²) in [4.78, 5) is 2.36. The molecule has 0 saturated heterocycles. The van der Waals surface area contributed by atoms with E-state index in [-0.39, 0.29) is 0 Å². The Morgan fingerprint density at radius 1 is 1.23 bits per heavy atom. The molecule has 0 rings (SSSR count). The largest absolute Gasteiger partial charge is 0.320 e. The monoisotopic (exact) mass is 188 g/mol. The van der Waals surface area contributed by atoms with Gasteiger partial charge in [-0.2, -0.15) is 0 Å². The molecule has 0 heterocycles. The summed E-state index contributed by atoms with van der Waals surface area (Å²) in [6.07, 6.45) is 2.49. The van der Waals surface area contributed by atoms with Gasteiger partial charge in [0.1, 0.15) is 0 Å². The molecule has 1 unspecified atom stereocenters. The molecule has 0 aliphatic carbocycles. The molecule has 0 fully saturated rings. The molecule has 0 aromatic carbocycles. The Morgan fingerprint density at radius 2 is 1.69 bits per heavy atom. The van der Waals surface area contributed by atoms with Crippen molar-refractivity contribution in [3.8, 4) is 0 Å². The van der Waals surface area contributed by atoms with Crippen LogP contribution >= 0.6 is 0 Å². The van der Waals surface area contributed by atoms with Gasteiger partial charge >= 0.3 is 0 Å². The molecule has 82 valence electrons. The van der Waals surface area contributed by atoms with Crippen LogP contribution in [0.3, 0.4) is 0 Å². The molecule has 0 radical (unpaired) electrons. The lowest BCUT2D eigenvalue weighted by atomic mass is 10.2. The van der Waals surface area contributed by atoms with Crippen molar-refractivity contribution >= 4 is 0 Å². The molecule has 13 heavy (non-hydrogen) atoms. The fourth-order valence-electron chi connectivity index (χ4n) is 0.885. The van der Waals surface area contributed by atoms with Crippen LogP contribution in [0.4, 0.5) is 0 Å². The first kappa shape index (κ1) is 15.4. The van der Waals surface area contributed by atoms with Gasteiger partial charge in [-0.25, -0.2) is 0 Å². The van der Waals surface area contributed by atoms with Crippen LogP contribution in [-0.2, 0) is 0 Å². The van der Waals surface area contributed by atoms with Crippen molar-refractivity contribution in [2.45, 2.75) is 46.6 Å². The van der Waals surface area contributed by atoms with Crippen molar-refractivity contribution < 1.29 is 0 Å². The van der Waals surface area contributed by atoms with Gasteiger partial charge in [0, 0.05) is 6.04 Å². The number of nitrogens with one attached hydrogen (secondary N) is 1. The molecular weight excluding hydrogens is 160 g/mol. The first-order chi connectivity index (χ1) is 6.13. The van der Waals surface area contributed by atoms with Crippen LogP contribution in [0.2, 0.25) is 0 Å². The highest BCUT2D eigenvalue weighted by molar-refractivity contribution is 4.61. The van der Waals surface area contributed by atoms with Crippen molar-refractivity contribution in [2.75, 3.05) is 27.2 Å². The van der Waals surface area contributed by atoms with Crippen LogP contribution in [0.1, 0.15) is 40.5 Å². The first-order valence-corrected chi connectivity index (χ1v) is 5.48. The quantitative estimate of drug-likeness (QED) is 0.712. The highest BCUT2D eigenvalue weighted by Gasteiger charge is 2.04. The summed E-state index contributed by atoms with van der Waals surface area (Å²) in [6, 6.07) is 0.706. The van der Waals surface area contributed by atoms with Gasteiger partial charge in [0.05, 0.1) is 0 Å². The van der Waals surface area contributed by atoms with Crippen LogP contribution in [0.25, 0.3) is 0 Å². The average Bonchev–Trinajstić information content (AvgIpc) is 2.14. The van der Waals surface area contributed by atoms with Crippen molar-refractivity contribution in [1.29, 1.82) is 0 Å². The van der Waals surface area contributed by atoms with Gasteiger partial charge in [0.15, 0.2) is 0 Å². The minimum absolute atomic E-state index is 0.706. The molecule has 0 aliphatic rings. The topological polar surface area (TPSA) is 15.3 Å². The van der Waals surface area contributed by atoms with E-state index in [0.717, 1.165) is 13.1 Å². The first-order valence-electron chi connectivity index (χ1n) is 5.48. The van der Waals surface area contributed by atoms with Gasteiger partial charge in [-0.15, -0.1) is 0 Å². The van der Waals surface area contributed by atoms with E-state index in [9.17, 15) is 0 Å². The lowest BCUT2D eigenvalue weighted by Crippen LogP contribution is -2.31. The number of hydrogen-bond acceptors (Lipinski definition) is 2. The number of nitrogens with zero attached hydrogens (tertiary/aromatic N) is 1. The number of hydrogen-bond donors (Lipinski definition) is 1. The molecule has 2 nitrogen and oxygen atoms in total. The third-order valence-electron chi connectivity index (χ3n) is 2.06. The predicted octanol–water partition coefficient (Wildman–Crippen LogP) is 2.35. The summed E-state index contributed by atoms with van der Waals surface area (Å²) in [5, 5.41) is 3.15. The Morgan fingerprint density at radius 3 is 2.00 bits per heavy atom. The minimum atomic E-state index is 0.706. The second kappa shape index (κ2) is 11.9. The summed E-state index contributed by atoms with van der Waals surface area (Å²) in [5.74, 6) is 0. The summed E-state index contributed by atoms with van der Waals surface area (Å²) >= 11 is 0. The second-order valence-corrected chi connectivity index (χ2v) is 3.52. The van der Waals surface area contributed by atoms with E-state index in [0.29, 0.717) is 6.04 Å². The van der Waals surface area contributed by atoms with E-state index >= 15 is 0 Å². The van der Waals surface area contributed by atoms with Gasteiger partial charge in [-0.1, -0.05) is 27.2 Å². The average molecular weight is 188 g/mol. The standard InChI is InChI=1S/C8H20N2.C3H8/c1-5-10(4)8(2)6-7-9-3;1-3-2/h8-9H,5-7H2,1-4H3;3H2,1-2H3. The van der Waals surface area contributed by atoms with Gasteiger partial charge < -0.3 is 10.2 Å². The molecule has 0 aromatic rings. The Bertz CT molecular complexity index is 84.2. The Hall–Kier alpha value is -0.0800. The van der Waals surface area contributed by atoms with Crippen molar-refractivity contribution in [3.05, 3.63) is 0 Å². The maximum atomic E-state index is 3.15. The van der Waals surface area contributed by atoms with Crippen molar-refractivity contribution in [2.24, 2.45) is 0 Å². The lowest BCUT2D eigenvalue weighted by Gasteiger charge is -2.22. The zero-order valence-electron chi connectivity index (χ0n) is 10.4. The molecule has 1 atom stereocenters. The summed E-state index contributed by atoms with van der Waals surface area (Å²) < 4.78 is 0. The Labute approximate surface area is 84.7 Å². The van der Waals surface area contributed by atoms with Crippen LogP contribution in [-0.4, -0.2) is 38.1 Å². The zero-order chi connectivity index (χ0) is 10.7. The van der Waals surface area contributed by atoms with E-state index in [1.807, 2.05) is 7.05 Å². The van der Waals surface area contributed by atoms with E-state index < -0.39 is 0 Å². The van der Waals surface area contributed by atoms with E-state index in [1.165, 1.54) is 12.8 Å². The lowest BCUT2D eigenvalue weighted by molar-refractivity contribution is 0.258. The molecule has 0 aromatic heterocycles. The Balaban J connectivity index is 0. The SMILES string of the molecule is CCC.CCN(C)C(C)CCNC. The maximum Gasteiger partial charge on any atom is 0.00758 e. The summed E-state index contributed by atoms with van der Waals surface area (Å²) in [6.45, 7) is 11.0.